The van der Waals surface area contributed by atoms with Crippen LogP contribution in [0.25, 0.3) is 0 Å². The molecule has 0 bridgehead atoms. The standard InChI is InChI=1S/C12H13O2/c1-10(14)12-8-3-2-6-11(12)7-4-5-9-13/h2-3,6,8H,4-5,7H2,1H3. The van der Waals surface area contributed by atoms with Gasteiger partial charge in [0, 0.05) is 12.0 Å². The summed E-state index contributed by atoms with van der Waals surface area (Å²) in [4.78, 5) is 21.2. The van der Waals surface area contributed by atoms with Crippen LogP contribution in [0.5, 0.6) is 0 Å². The summed E-state index contributed by atoms with van der Waals surface area (Å²) in [5, 5.41) is 0. The quantitative estimate of drug-likeness (QED) is 0.526. The molecule has 0 aliphatic rings. The van der Waals surface area contributed by atoms with Gasteiger partial charge in [-0.3, -0.25) is 9.59 Å². The number of carbonyl (C=O) groups is 1. The van der Waals surface area contributed by atoms with Gasteiger partial charge < -0.3 is 0 Å². The number of benzene rings is 1. The van der Waals surface area contributed by atoms with Gasteiger partial charge in [0.2, 0.25) is 0 Å². The summed E-state index contributed by atoms with van der Waals surface area (Å²) in [6.45, 7) is 1.56. The molecular formula is C12H13O2. The molecular weight excluding hydrogens is 176 g/mol. The molecule has 14 heavy (non-hydrogen) atoms. The smallest absolute Gasteiger partial charge is 0.198 e. The fraction of sp³-hybridized carbons (Fsp3) is 0.333. The van der Waals surface area contributed by atoms with Crippen LogP contribution in [-0.2, 0) is 11.2 Å². The zero-order valence-electron chi connectivity index (χ0n) is 8.25. The summed E-state index contributed by atoms with van der Waals surface area (Å²) in [5.41, 5.74) is 1.79. The Labute approximate surface area is 83.9 Å². The summed E-state index contributed by atoms with van der Waals surface area (Å²) in [6, 6.07) is 7.52. The molecule has 0 N–H and O–H groups in total. The van der Waals surface area contributed by atoms with E-state index in [4.69, 9.17) is 0 Å². The fourth-order valence-corrected chi connectivity index (χ4v) is 1.43. The number of unbranched alkanes of at least 4 members (excludes halogenated alkanes) is 1. The highest BCUT2D eigenvalue weighted by atomic mass is 16.1. The highest BCUT2D eigenvalue weighted by Crippen LogP contribution is 2.12. The summed E-state index contributed by atoms with van der Waals surface area (Å²) in [7, 11) is 0. The molecule has 0 heterocycles. The number of ketones is 1. The van der Waals surface area contributed by atoms with Gasteiger partial charge in [-0.25, -0.2) is 0 Å². The van der Waals surface area contributed by atoms with Gasteiger partial charge in [-0.15, -0.1) is 0 Å². The van der Waals surface area contributed by atoms with Gasteiger partial charge >= 0.3 is 0 Å². The molecule has 73 valence electrons. The molecule has 0 atom stereocenters. The van der Waals surface area contributed by atoms with Crippen LogP contribution in [-0.4, -0.2) is 12.1 Å². The van der Waals surface area contributed by atoms with Gasteiger partial charge in [-0.05, 0) is 25.3 Å². The molecule has 1 rings (SSSR count). The molecule has 2 nitrogen and oxygen atoms in total. The first-order chi connectivity index (χ1) is 6.75. The fourth-order valence-electron chi connectivity index (χ4n) is 1.43. The lowest BCUT2D eigenvalue weighted by Gasteiger charge is -2.04. The Bertz CT molecular complexity index is 329. The third-order valence-electron chi connectivity index (χ3n) is 2.12. The molecule has 0 aliphatic carbocycles. The van der Waals surface area contributed by atoms with E-state index < -0.39 is 0 Å². The summed E-state index contributed by atoms with van der Waals surface area (Å²) < 4.78 is 0. The Kier molecular flexibility index (Phi) is 4.05. The number of rotatable bonds is 5. The van der Waals surface area contributed by atoms with Crippen molar-refractivity contribution in [3.8, 4) is 0 Å². The van der Waals surface area contributed by atoms with E-state index in [0.29, 0.717) is 6.42 Å². The van der Waals surface area contributed by atoms with Crippen molar-refractivity contribution in [3.63, 3.8) is 0 Å². The van der Waals surface area contributed by atoms with Crippen molar-refractivity contribution in [2.45, 2.75) is 26.2 Å². The first-order valence-corrected chi connectivity index (χ1v) is 4.69. The molecule has 0 aromatic heterocycles. The SMILES string of the molecule is CC(=O)c1ccccc1CCC[C]=O. The Balaban J connectivity index is 2.74. The van der Waals surface area contributed by atoms with Crippen molar-refractivity contribution in [3.05, 3.63) is 35.4 Å². The topological polar surface area (TPSA) is 34.1 Å². The van der Waals surface area contributed by atoms with Crippen molar-refractivity contribution < 1.29 is 9.59 Å². The predicted octanol–water partition coefficient (Wildman–Crippen LogP) is 2.32. The summed E-state index contributed by atoms with van der Waals surface area (Å²) >= 11 is 0. The van der Waals surface area contributed by atoms with Crippen molar-refractivity contribution >= 4 is 12.1 Å². The van der Waals surface area contributed by atoms with E-state index in [1.165, 1.54) is 0 Å². The maximum absolute atomic E-state index is 11.2. The Hall–Kier alpha value is -1.44. The predicted molar refractivity (Wildman–Crippen MR) is 55.1 cm³/mol. The third kappa shape index (κ3) is 2.80. The van der Waals surface area contributed by atoms with Crippen LogP contribution in [0.4, 0.5) is 0 Å². The second-order valence-electron chi connectivity index (χ2n) is 3.21. The first kappa shape index (κ1) is 10.6. The average molecular weight is 189 g/mol. The highest BCUT2D eigenvalue weighted by molar-refractivity contribution is 5.95. The minimum atomic E-state index is 0.0793. The van der Waals surface area contributed by atoms with Crippen LogP contribution in [0.1, 0.15) is 35.7 Å². The Morgan fingerprint density at radius 3 is 2.71 bits per heavy atom. The van der Waals surface area contributed by atoms with Gasteiger partial charge in [0.1, 0.15) is 0 Å². The maximum atomic E-state index is 11.2. The van der Waals surface area contributed by atoms with E-state index in [-0.39, 0.29) is 5.78 Å². The van der Waals surface area contributed by atoms with Gasteiger partial charge in [0.25, 0.3) is 0 Å². The second-order valence-corrected chi connectivity index (χ2v) is 3.21. The molecule has 0 aliphatic heterocycles. The van der Waals surface area contributed by atoms with Crippen LogP contribution >= 0.6 is 0 Å². The first-order valence-electron chi connectivity index (χ1n) is 4.69. The van der Waals surface area contributed by atoms with E-state index in [1.807, 2.05) is 30.6 Å². The van der Waals surface area contributed by atoms with Crippen LogP contribution in [0.15, 0.2) is 24.3 Å². The number of hydrogen-bond acceptors (Lipinski definition) is 2. The number of hydrogen-bond donors (Lipinski definition) is 0. The van der Waals surface area contributed by atoms with Gasteiger partial charge in [-0.1, -0.05) is 24.3 Å². The zero-order valence-corrected chi connectivity index (χ0v) is 8.25. The van der Waals surface area contributed by atoms with E-state index in [2.05, 4.69) is 0 Å². The van der Waals surface area contributed by atoms with Crippen molar-refractivity contribution in [2.24, 2.45) is 0 Å². The number of Topliss-reactive ketones (excluding diaryl/α,β-unsaturated/α-hetero) is 1. The molecule has 1 radical (unpaired) electrons. The zero-order chi connectivity index (χ0) is 10.4. The lowest BCUT2D eigenvalue weighted by molar-refractivity contribution is 0.101. The number of carbonyl (C=O) groups excluding carboxylic acids is 2. The van der Waals surface area contributed by atoms with Gasteiger partial charge in [0.15, 0.2) is 12.1 Å². The van der Waals surface area contributed by atoms with E-state index in [1.54, 1.807) is 6.92 Å². The molecule has 2 heteroatoms. The monoisotopic (exact) mass is 189 g/mol. The van der Waals surface area contributed by atoms with E-state index in [0.717, 1.165) is 24.0 Å². The molecule has 0 saturated carbocycles. The largest absolute Gasteiger partial charge is 0.295 e. The Morgan fingerprint density at radius 2 is 2.07 bits per heavy atom. The number of aryl methyl sites for hydroxylation is 1. The average Bonchev–Trinajstić information content (AvgIpc) is 2.19. The van der Waals surface area contributed by atoms with E-state index in [9.17, 15) is 9.59 Å². The molecule has 0 saturated heterocycles. The molecule has 0 fully saturated rings. The van der Waals surface area contributed by atoms with Crippen LogP contribution in [0.2, 0.25) is 0 Å². The normalized spacial score (nSPS) is 9.79. The lowest BCUT2D eigenvalue weighted by atomic mass is 10.00. The second kappa shape index (κ2) is 5.32. The lowest BCUT2D eigenvalue weighted by Crippen LogP contribution is -1.99. The van der Waals surface area contributed by atoms with E-state index >= 15 is 0 Å². The van der Waals surface area contributed by atoms with Crippen LogP contribution < -0.4 is 0 Å². The molecule has 0 unspecified atom stereocenters. The summed E-state index contributed by atoms with van der Waals surface area (Å²) in [6.07, 6.45) is 3.82. The van der Waals surface area contributed by atoms with Gasteiger partial charge in [0.05, 0.1) is 0 Å². The van der Waals surface area contributed by atoms with Crippen molar-refractivity contribution in [1.82, 2.24) is 0 Å². The van der Waals surface area contributed by atoms with Gasteiger partial charge in [-0.2, -0.15) is 0 Å². The van der Waals surface area contributed by atoms with Crippen molar-refractivity contribution in [2.75, 3.05) is 0 Å². The highest BCUT2D eigenvalue weighted by Gasteiger charge is 2.04. The molecule has 0 spiro atoms. The minimum Gasteiger partial charge on any atom is -0.295 e. The summed E-state index contributed by atoms with van der Waals surface area (Å²) in [5.74, 6) is 0.0793. The maximum Gasteiger partial charge on any atom is 0.198 e. The molecule has 1 aromatic carbocycles. The minimum absolute atomic E-state index is 0.0793. The third-order valence-corrected chi connectivity index (χ3v) is 2.12. The molecule has 1 aromatic rings. The van der Waals surface area contributed by atoms with Crippen molar-refractivity contribution in [1.29, 1.82) is 0 Å². The Morgan fingerprint density at radius 1 is 1.36 bits per heavy atom. The van der Waals surface area contributed by atoms with Crippen LogP contribution in [0.3, 0.4) is 0 Å². The van der Waals surface area contributed by atoms with Crippen LogP contribution in [0, 0.1) is 0 Å². The molecule has 0 amide bonds.